The summed E-state index contributed by atoms with van der Waals surface area (Å²) >= 11 is 0. The van der Waals surface area contributed by atoms with Gasteiger partial charge >= 0.3 is 0 Å². The Morgan fingerprint density at radius 3 is 2.60 bits per heavy atom. The summed E-state index contributed by atoms with van der Waals surface area (Å²) in [4.78, 5) is 2.11. The molecule has 0 N–H and O–H groups in total. The molecule has 0 spiro atoms. The van der Waals surface area contributed by atoms with Gasteiger partial charge in [0.15, 0.2) is 0 Å². The van der Waals surface area contributed by atoms with Crippen molar-refractivity contribution in [2.45, 2.75) is 13.8 Å². The lowest BCUT2D eigenvalue weighted by atomic mass is 9.89. The zero-order valence-corrected chi connectivity index (χ0v) is 6.82. The SMILES string of the molecule is CN1CC=C(F)C(C)(C)C1. The van der Waals surface area contributed by atoms with Crippen LogP contribution in [0.25, 0.3) is 0 Å². The van der Waals surface area contributed by atoms with Crippen molar-refractivity contribution in [2.24, 2.45) is 5.41 Å². The van der Waals surface area contributed by atoms with Gasteiger partial charge in [-0.3, -0.25) is 0 Å². The lowest BCUT2D eigenvalue weighted by Gasteiger charge is -2.32. The maximum atomic E-state index is 13.0. The van der Waals surface area contributed by atoms with Crippen molar-refractivity contribution in [2.75, 3.05) is 20.1 Å². The molecule has 0 aromatic rings. The van der Waals surface area contributed by atoms with Crippen LogP contribution < -0.4 is 0 Å². The van der Waals surface area contributed by atoms with Gasteiger partial charge in [-0.15, -0.1) is 0 Å². The quantitative estimate of drug-likeness (QED) is 0.500. The molecule has 0 fully saturated rings. The average Bonchev–Trinajstić information content (AvgIpc) is 1.78. The third-order valence-corrected chi connectivity index (χ3v) is 1.89. The molecule has 0 bridgehead atoms. The van der Waals surface area contributed by atoms with E-state index in [9.17, 15) is 4.39 Å². The molecule has 0 saturated carbocycles. The Kier molecular flexibility index (Phi) is 1.82. The summed E-state index contributed by atoms with van der Waals surface area (Å²) in [5.41, 5.74) is -0.271. The van der Waals surface area contributed by atoms with Crippen molar-refractivity contribution < 1.29 is 4.39 Å². The first-order chi connectivity index (χ1) is 4.52. The van der Waals surface area contributed by atoms with E-state index in [2.05, 4.69) is 4.90 Å². The predicted molar refractivity (Wildman–Crippen MR) is 40.5 cm³/mol. The van der Waals surface area contributed by atoms with E-state index in [0.717, 1.165) is 13.1 Å². The first-order valence-electron chi connectivity index (χ1n) is 3.57. The van der Waals surface area contributed by atoms with Crippen LogP contribution in [0.1, 0.15) is 13.8 Å². The number of halogens is 1. The fraction of sp³-hybridized carbons (Fsp3) is 0.750. The van der Waals surface area contributed by atoms with Gasteiger partial charge in [0.1, 0.15) is 5.83 Å². The minimum atomic E-state index is -0.271. The Balaban J connectivity index is 2.76. The Morgan fingerprint density at radius 1 is 1.60 bits per heavy atom. The highest BCUT2D eigenvalue weighted by Crippen LogP contribution is 2.30. The second-order valence-corrected chi connectivity index (χ2v) is 3.63. The van der Waals surface area contributed by atoms with Crippen LogP contribution in [-0.4, -0.2) is 25.0 Å². The van der Waals surface area contributed by atoms with Gasteiger partial charge < -0.3 is 4.90 Å². The summed E-state index contributed by atoms with van der Waals surface area (Å²) in [6, 6.07) is 0. The van der Waals surface area contributed by atoms with E-state index in [-0.39, 0.29) is 11.2 Å². The molecule has 0 radical (unpaired) electrons. The Labute approximate surface area is 61.5 Å². The zero-order valence-electron chi connectivity index (χ0n) is 6.82. The fourth-order valence-corrected chi connectivity index (χ4v) is 1.33. The van der Waals surface area contributed by atoms with Crippen LogP contribution in [0.3, 0.4) is 0 Å². The molecule has 0 atom stereocenters. The molecule has 1 nitrogen and oxygen atoms in total. The molecule has 0 unspecified atom stereocenters. The van der Waals surface area contributed by atoms with E-state index in [1.165, 1.54) is 0 Å². The summed E-state index contributed by atoms with van der Waals surface area (Å²) in [5.74, 6) is 0.0330. The van der Waals surface area contributed by atoms with Gasteiger partial charge in [0.25, 0.3) is 0 Å². The fourth-order valence-electron chi connectivity index (χ4n) is 1.33. The van der Waals surface area contributed by atoms with Crippen LogP contribution in [0, 0.1) is 5.41 Å². The highest BCUT2D eigenvalue weighted by molar-refractivity contribution is 5.09. The van der Waals surface area contributed by atoms with E-state index >= 15 is 0 Å². The van der Waals surface area contributed by atoms with Crippen LogP contribution in [0.5, 0.6) is 0 Å². The molecular weight excluding hydrogens is 129 g/mol. The second kappa shape index (κ2) is 2.35. The first-order valence-corrected chi connectivity index (χ1v) is 3.57. The van der Waals surface area contributed by atoms with Crippen LogP contribution in [0.2, 0.25) is 0 Å². The molecule has 0 aliphatic carbocycles. The molecule has 0 aromatic heterocycles. The van der Waals surface area contributed by atoms with Crippen molar-refractivity contribution in [3.05, 3.63) is 11.9 Å². The third kappa shape index (κ3) is 1.37. The predicted octanol–water partition coefficient (Wildman–Crippen LogP) is 1.81. The zero-order chi connectivity index (χ0) is 7.78. The molecule has 0 aromatic carbocycles. The summed E-state index contributed by atoms with van der Waals surface area (Å²) in [6.45, 7) is 5.41. The maximum Gasteiger partial charge on any atom is 0.104 e. The number of nitrogens with zero attached hydrogens (tertiary/aromatic N) is 1. The molecule has 10 heavy (non-hydrogen) atoms. The molecule has 0 amide bonds. The van der Waals surface area contributed by atoms with Crippen LogP contribution in [0.4, 0.5) is 4.39 Å². The molecule has 1 aliphatic rings. The average molecular weight is 143 g/mol. The lowest BCUT2D eigenvalue weighted by Crippen LogP contribution is -2.36. The second-order valence-electron chi connectivity index (χ2n) is 3.63. The summed E-state index contributed by atoms with van der Waals surface area (Å²) in [7, 11) is 2.00. The highest BCUT2D eigenvalue weighted by Gasteiger charge is 2.28. The van der Waals surface area contributed by atoms with E-state index in [4.69, 9.17) is 0 Å². The van der Waals surface area contributed by atoms with Gasteiger partial charge in [-0.05, 0) is 13.1 Å². The minimum absolute atomic E-state index is 0.0330. The van der Waals surface area contributed by atoms with Gasteiger partial charge in [0.2, 0.25) is 0 Å². The molecular formula is C8H14FN. The van der Waals surface area contributed by atoms with Gasteiger partial charge in [-0.2, -0.15) is 0 Å². The van der Waals surface area contributed by atoms with Crippen molar-refractivity contribution >= 4 is 0 Å². The minimum Gasteiger partial charge on any atom is -0.302 e. The summed E-state index contributed by atoms with van der Waals surface area (Å²) < 4.78 is 13.0. The van der Waals surface area contributed by atoms with E-state index in [1.807, 2.05) is 20.9 Å². The van der Waals surface area contributed by atoms with Crippen LogP contribution >= 0.6 is 0 Å². The van der Waals surface area contributed by atoms with Crippen LogP contribution in [-0.2, 0) is 0 Å². The Bertz CT molecular complexity index is 161. The monoisotopic (exact) mass is 143 g/mol. The van der Waals surface area contributed by atoms with Gasteiger partial charge in [0, 0.05) is 18.5 Å². The third-order valence-electron chi connectivity index (χ3n) is 1.89. The number of rotatable bonds is 0. The standard InChI is InChI=1S/C8H14FN/c1-8(2)6-10(3)5-4-7(8)9/h4H,5-6H2,1-3H3. The molecule has 58 valence electrons. The van der Waals surface area contributed by atoms with Crippen molar-refractivity contribution in [1.82, 2.24) is 4.90 Å². The van der Waals surface area contributed by atoms with Gasteiger partial charge in [0.05, 0.1) is 0 Å². The molecule has 1 aliphatic heterocycles. The summed E-state index contributed by atoms with van der Waals surface area (Å²) in [6.07, 6.45) is 1.66. The molecule has 2 heteroatoms. The van der Waals surface area contributed by atoms with E-state index < -0.39 is 0 Å². The number of hydrogen-bond donors (Lipinski definition) is 0. The van der Waals surface area contributed by atoms with E-state index in [0.29, 0.717) is 0 Å². The molecule has 1 heterocycles. The smallest absolute Gasteiger partial charge is 0.104 e. The largest absolute Gasteiger partial charge is 0.302 e. The highest BCUT2D eigenvalue weighted by atomic mass is 19.1. The van der Waals surface area contributed by atoms with Crippen molar-refractivity contribution in [3.8, 4) is 0 Å². The number of hydrogen-bond acceptors (Lipinski definition) is 1. The number of likely N-dealkylation sites (N-methyl/N-ethyl adjacent to an activating group) is 1. The van der Waals surface area contributed by atoms with Gasteiger partial charge in [-0.1, -0.05) is 13.8 Å². The Hall–Kier alpha value is -0.370. The molecule has 0 saturated heterocycles. The van der Waals surface area contributed by atoms with Gasteiger partial charge in [-0.25, -0.2) is 4.39 Å². The lowest BCUT2D eigenvalue weighted by molar-refractivity contribution is 0.204. The first kappa shape index (κ1) is 7.73. The van der Waals surface area contributed by atoms with E-state index in [1.54, 1.807) is 6.08 Å². The maximum absolute atomic E-state index is 13.0. The Morgan fingerprint density at radius 2 is 2.20 bits per heavy atom. The van der Waals surface area contributed by atoms with Crippen molar-refractivity contribution in [3.63, 3.8) is 0 Å². The summed E-state index contributed by atoms with van der Waals surface area (Å²) in [5, 5.41) is 0. The van der Waals surface area contributed by atoms with Crippen molar-refractivity contribution in [1.29, 1.82) is 0 Å². The normalized spacial score (nSPS) is 26.2. The van der Waals surface area contributed by atoms with Crippen LogP contribution in [0.15, 0.2) is 11.9 Å². The topological polar surface area (TPSA) is 3.24 Å². The molecule has 1 rings (SSSR count).